The fraction of sp³-hybridized carbons (Fsp3) is 0.652. The number of likely N-dealkylation sites (tertiary alicyclic amines) is 2. The van der Waals surface area contributed by atoms with Crippen molar-refractivity contribution in [1.82, 2.24) is 9.80 Å². The summed E-state index contributed by atoms with van der Waals surface area (Å²) < 4.78 is 11.5. The van der Waals surface area contributed by atoms with Crippen molar-refractivity contribution in [2.24, 2.45) is 11.8 Å². The van der Waals surface area contributed by atoms with Crippen molar-refractivity contribution in [2.45, 2.75) is 50.7 Å². The molecule has 3 aliphatic rings. The predicted molar refractivity (Wildman–Crippen MR) is 111 cm³/mol. The first kappa shape index (κ1) is 21.0. The summed E-state index contributed by atoms with van der Waals surface area (Å²) in [6.45, 7) is 2.19. The van der Waals surface area contributed by atoms with E-state index in [1.54, 1.807) is 12.0 Å². The Balaban J connectivity index is 1.35. The Morgan fingerprint density at radius 1 is 1.10 bits per heavy atom. The van der Waals surface area contributed by atoms with Crippen LogP contribution in [0.2, 0.25) is 0 Å². The second-order valence-corrected chi connectivity index (χ2v) is 8.79. The Labute approximate surface area is 177 Å². The van der Waals surface area contributed by atoms with Gasteiger partial charge < -0.3 is 24.4 Å². The van der Waals surface area contributed by atoms with Gasteiger partial charge in [0.2, 0.25) is 11.8 Å². The summed E-state index contributed by atoms with van der Waals surface area (Å²) in [7, 11) is 1.60. The predicted octanol–water partition coefficient (Wildman–Crippen LogP) is 2.07. The first-order valence-electron chi connectivity index (χ1n) is 11.1. The number of aliphatic hydroxyl groups excluding tert-OH is 1. The molecule has 0 bridgehead atoms. The number of hydrogen-bond acceptors (Lipinski definition) is 5. The van der Waals surface area contributed by atoms with Gasteiger partial charge in [-0.25, -0.2) is 0 Å². The molecule has 4 rings (SSSR count). The summed E-state index contributed by atoms with van der Waals surface area (Å²) in [5.74, 6) is 1.98. The van der Waals surface area contributed by atoms with E-state index >= 15 is 0 Å². The van der Waals surface area contributed by atoms with Gasteiger partial charge in [0.25, 0.3) is 0 Å². The number of rotatable bonds is 5. The van der Waals surface area contributed by atoms with Crippen LogP contribution in [0.5, 0.6) is 11.5 Å². The number of aliphatic hydroxyl groups is 1. The summed E-state index contributed by atoms with van der Waals surface area (Å²) in [6, 6.07) is 7.46. The third-order valence-corrected chi connectivity index (χ3v) is 6.78. The van der Waals surface area contributed by atoms with Crippen LogP contribution in [0.15, 0.2) is 24.3 Å². The molecular weight excluding hydrogens is 384 g/mol. The molecular formula is C23H32N2O5. The van der Waals surface area contributed by atoms with Crippen LogP contribution in [0.1, 0.15) is 38.5 Å². The fourth-order valence-corrected chi connectivity index (χ4v) is 5.07. The van der Waals surface area contributed by atoms with Crippen molar-refractivity contribution in [2.75, 3.05) is 33.3 Å². The van der Waals surface area contributed by atoms with E-state index in [0.29, 0.717) is 56.3 Å². The molecule has 1 aliphatic carbocycles. The maximum absolute atomic E-state index is 12.9. The molecule has 1 saturated carbocycles. The van der Waals surface area contributed by atoms with E-state index in [2.05, 4.69) is 0 Å². The lowest BCUT2D eigenvalue weighted by Crippen LogP contribution is -2.42. The number of amides is 2. The van der Waals surface area contributed by atoms with E-state index in [9.17, 15) is 14.7 Å². The second kappa shape index (κ2) is 9.25. The zero-order valence-corrected chi connectivity index (χ0v) is 17.7. The van der Waals surface area contributed by atoms with Crippen molar-refractivity contribution in [3.05, 3.63) is 24.3 Å². The van der Waals surface area contributed by atoms with Crippen LogP contribution in [0, 0.1) is 11.8 Å². The van der Waals surface area contributed by atoms with Gasteiger partial charge in [-0.15, -0.1) is 0 Å². The first-order chi connectivity index (χ1) is 14.5. The molecule has 1 aromatic carbocycles. The quantitative estimate of drug-likeness (QED) is 0.795. The number of carbonyl (C=O) groups is 2. The molecule has 2 saturated heterocycles. The van der Waals surface area contributed by atoms with Gasteiger partial charge in [0.15, 0.2) is 11.5 Å². The highest BCUT2D eigenvalue weighted by Gasteiger charge is 2.44. The number of fused-ring (bicyclic) bond motifs is 1. The summed E-state index contributed by atoms with van der Waals surface area (Å²) in [5.41, 5.74) is 0. The summed E-state index contributed by atoms with van der Waals surface area (Å²) >= 11 is 0. The molecule has 7 heteroatoms. The Hall–Kier alpha value is -2.28. The highest BCUT2D eigenvalue weighted by atomic mass is 16.5. The average molecular weight is 417 g/mol. The summed E-state index contributed by atoms with van der Waals surface area (Å²) in [5, 5.41) is 10.7. The minimum Gasteiger partial charge on any atom is -0.493 e. The third kappa shape index (κ3) is 4.56. The molecule has 2 heterocycles. The second-order valence-electron chi connectivity index (χ2n) is 8.79. The van der Waals surface area contributed by atoms with E-state index < -0.39 is 6.10 Å². The topological polar surface area (TPSA) is 79.3 Å². The Kier molecular flexibility index (Phi) is 6.46. The van der Waals surface area contributed by atoms with Gasteiger partial charge in [-0.1, -0.05) is 18.6 Å². The minimum absolute atomic E-state index is 0.0244. The number of ether oxygens (including phenoxy) is 2. The van der Waals surface area contributed by atoms with Crippen molar-refractivity contribution >= 4 is 11.8 Å². The van der Waals surface area contributed by atoms with E-state index in [1.165, 1.54) is 0 Å². The maximum atomic E-state index is 12.9. The fourth-order valence-electron chi connectivity index (χ4n) is 5.07. The maximum Gasteiger partial charge on any atom is 0.242 e. The van der Waals surface area contributed by atoms with E-state index in [-0.39, 0.29) is 30.4 Å². The molecule has 0 spiro atoms. The van der Waals surface area contributed by atoms with Gasteiger partial charge in [0.05, 0.1) is 19.8 Å². The van der Waals surface area contributed by atoms with Crippen molar-refractivity contribution in [3.63, 3.8) is 0 Å². The summed E-state index contributed by atoms with van der Waals surface area (Å²) in [6.07, 6.45) is 3.93. The molecule has 7 nitrogen and oxygen atoms in total. The third-order valence-electron chi connectivity index (χ3n) is 6.78. The monoisotopic (exact) mass is 416 g/mol. The number of hydrogen-bond donors (Lipinski definition) is 1. The largest absolute Gasteiger partial charge is 0.493 e. The smallest absolute Gasteiger partial charge is 0.242 e. The average Bonchev–Trinajstić information content (AvgIpc) is 3.05. The molecule has 0 aromatic heterocycles. The first-order valence-corrected chi connectivity index (χ1v) is 11.1. The van der Waals surface area contributed by atoms with Gasteiger partial charge in [-0.2, -0.15) is 0 Å². The van der Waals surface area contributed by atoms with Crippen LogP contribution in [-0.2, 0) is 9.59 Å². The van der Waals surface area contributed by atoms with Crippen LogP contribution in [0.25, 0.3) is 0 Å². The van der Waals surface area contributed by atoms with E-state index in [4.69, 9.17) is 9.47 Å². The van der Waals surface area contributed by atoms with E-state index in [0.717, 1.165) is 19.3 Å². The van der Waals surface area contributed by atoms with Crippen LogP contribution >= 0.6 is 0 Å². The number of methoxy groups -OCH3 is 1. The van der Waals surface area contributed by atoms with Gasteiger partial charge in [-0.3, -0.25) is 9.59 Å². The molecule has 1 aromatic rings. The zero-order valence-electron chi connectivity index (χ0n) is 17.7. The van der Waals surface area contributed by atoms with Gasteiger partial charge in [0, 0.05) is 26.1 Å². The Morgan fingerprint density at radius 2 is 1.83 bits per heavy atom. The molecule has 4 atom stereocenters. The number of carbonyl (C=O) groups excluding carboxylic acids is 2. The SMILES string of the molecule is COc1ccccc1O[C@@H]1C[C@@H]2CN(C(=O)CN3CCCCCC3=O)C[C@@H]2C[C@H]1O. The van der Waals surface area contributed by atoms with Crippen molar-refractivity contribution in [3.8, 4) is 11.5 Å². The molecule has 1 N–H and O–H groups in total. The van der Waals surface area contributed by atoms with Gasteiger partial charge in [-0.05, 0) is 49.7 Å². The highest BCUT2D eigenvalue weighted by molar-refractivity contribution is 5.85. The van der Waals surface area contributed by atoms with E-state index in [1.807, 2.05) is 29.2 Å². The van der Waals surface area contributed by atoms with Crippen LogP contribution in [0.3, 0.4) is 0 Å². The Morgan fingerprint density at radius 3 is 2.60 bits per heavy atom. The standard InChI is InChI=1S/C23H32N2O5/c1-29-19-7-4-5-8-20(19)30-21-12-17-14-25(13-16(17)11-18(21)26)23(28)15-24-10-6-2-3-9-22(24)27/h4-5,7-8,16-18,21,26H,2-3,6,9-15H2,1H3/t16-,17+,18+,21+/m0/s1. The molecule has 2 amide bonds. The molecule has 3 fully saturated rings. The van der Waals surface area contributed by atoms with Gasteiger partial charge in [0.1, 0.15) is 6.10 Å². The molecule has 0 unspecified atom stereocenters. The lowest BCUT2D eigenvalue weighted by Gasteiger charge is -2.35. The lowest BCUT2D eigenvalue weighted by atomic mass is 9.78. The number of benzene rings is 1. The molecule has 164 valence electrons. The van der Waals surface area contributed by atoms with Crippen molar-refractivity contribution < 1.29 is 24.2 Å². The zero-order chi connectivity index (χ0) is 21.1. The molecule has 30 heavy (non-hydrogen) atoms. The summed E-state index contributed by atoms with van der Waals surface area (Å²) in [4.78, 5) is 28.7. The van der Waals surface area contributed by atoms with Gasteiger partial charge >= 0.3 is 0 Å². The lowest BCUT2D eigenvalue weighted by molar-refractivity contribution is -0.139. The van der Waals surface area contributed by atoms with Crippen LogP contribution < -0.4 is 9.47 Å². The van der Waals surface area contributed by atoms with Crippen molar-refractivity contribution in [1.29, 1.82) is 0 Å². The molecule has 0 radical (unpaired) electrons. The highest BCUT2D eigenvalue weighted by Crippen LogP contribution is 2.39. The Bertz CT molecular complexity index is 770. The number of para-hydroxylation sites is 2. The normalized spacial score (nSPS) is 29.3. The van der Waals surface area contributed by atoms with Crippen LogP contribution in [-0.4, -0.2) is 72.2 Å². The van der Waals surface area contributed by atoms with Crippen LogP contribution in [0.4, 0.5) is 0 Å². The molecule has 2 aliphatic heterocycles. The number of nitrogens with zero attached hydrogens (tertiary/aromatic N) is 2. The minimum atomic E-state index is -0.571.